The second-order valence-corrected chi connectivity index (χ2v) is 11.0. The van der Waals surface area contributed by atoms with Crippen molar-refractivity contribution in [3.8, 4) is 0 Å². The molecule has 1 unspecified atom stereocenters. The molecule has 4 heteroatoms. The van der Waals surface area contributed by atoms with Crippen LogP contribution in [0.2, 0.25) is 0 Å². The Kier molecular flexibility index (Phi) is 3.76. The molecule has 32 heavy (non-hydrogen) atoms. The maximum absolute atomic E-state index is 9.46. The molecule has 1 aromatic carbocycles. The lowest BCUT2D eigenvalue weighted by atomic mass is 9.58. The molecule has 0 amide bonds. The first-order valence-corrected chi connectivity index (χ1v) is 12.2. The van der Waals surface area contributed by atoms with E-state index in [2.05, 4.69) is 53.5 Å². The summed E-state index contributed by atoms with van der Waals surface area (Å²) in [6, 6.07) is 9.08. The van der Waals surface area contributed by atoms with Gasteiger partial charge in [-0.25, -0.2) is 0 Å². The molecule has 2 bridgehead atoms. The van der Waals surface area contributed by atoms with Crippen molar-refractivity contribution in [1.82, 2.24) is 4.98 Å². The highest BCUT2D eigenvalue weighted by atomic mass is 16.5. The summed E-state index contributed by atoms with van der Waals surface area (Å²) >= 11 is 0. The minimum Gasteiger partial charge on any atom is -0.411 e. The number of allylic oxidation sites excluding steroid dienone is 1. The molecule has 4 nitrogen and oxygen atoms in total. The van der Waals surface area contributed by atoms with Crippen molar-refractivity contribution >= 4 is 16.5 Å². The van der Waals surface area contributed by atoms with Crippen LogP contribution in [0.15, 0.2) is 65.1 Å². The van der Waals surface area contributed by atoms with Crippen molar-refractivity contribution in [3.63, 3.8) is 0 Å². The molecule has 2 aromatic rings. The summed E-state index contributed by atoms with van der Waals surface area (Å²) in [6.07, 6.45) is 17.1. The molecule has 0 radical (unpaired) electrons. The van der Waals surface area contributed by atoms with Crippen molar-refractivity contribution in [2.45, 2.75) is 75.4 Å². The maximum Gasteiger partial charge on any atom is 0.0975 e. The molecule has 1 aromatic heterocycles. The molecular weight excluding hydrogens is 396 g/mol. The van der Waals surface area contributed by atoms with E-state index in [0.717, 1.165) is 44.2 Å². The first-order chi connectivity index (χ1) is 15.6. The van der Waals surface area contributed by atoms with Gasteiger partial charge in [0.05, 0.1) is 16.9 Å². The first kappa shape index (κ1) is 19.0. The molecule has 2 aliphatic heterocycles. The topological polar surface area (TPSA) is 54.7 Å². The second kappa shape index (κ2) is 6.32. The van der Waals surface area contributed by atoms with Crippen molar-refractivity contribution < 1.29 is 9.94 Å². The van der Waals surface area contributed by atoms with E-state index < -0.39 is 0 Å². The highest BCUT2D eigenvalue weighted by Crippen LogP contribution is 2.69. The maximum atomic E-state index is 9.46. The Balaban J connectivity index is 1.30. The van der Waals surface area contributed by atoms with Crippen molar-refractivity contribution in [2.24, 2.45) is 16.5 Å². The van der Waals surface area contributed by atoms with Gasteiger partial charge in [0.25, 0.3) is 0 Å². The highest BCUT2D eigenvalue weighted by molar-refractivity contribution is 5.87. The fourth-order valence-electron chi connectivity index (χ4n) is 8.19. The van der Waals surface area contributed by atoms with E-state index in [9.17, 15) is 5.21 Å². The fraction of sp³-hybridized carbons (Fsp3) is 0.500. The summed E-state index contributed by atoms with van der Waals surface area (Å²) in [5, 5.41) is 15.6. The number of oxime groups is 1. The van der Waals surface area contributed by atoms with Gasteiger partial charge in [-0.1, -0.05) is 36.4 Å². The molecule has 2 saturated carbocycles. The van der Waals surface area contributed by atoms with E-state index in [1.807, 2.05) is 12.4 Å². The van der Waals surface area contributed by atoms with E-state index in [4.69, 9.17) is 4.74 Å². The molecule has 3 fully saturated rings. The average Bonchev–Trinajstić information content (AvgIpc) is 3.33. The molecule has 2 spiro atoms. The molecule has 1 saturated heterocycles. The van der Waals surface area contributed by atoms with E-state index in [1.165, 1.54) is 40.3 Å². The van der Waals surface area contributed by atoms with Gasteiger partial charge in [-0.2, -0.15) is 0 Å². The van der Waals surface area contributed by atoms with Gasteiger partial charge in [0.1, 0.15) is 0 Å². The number of pyridine rings is 1. The number of aromatic nitrogens is 1. The monoisotopic (exact) mass is 426 g/mol. The van der Waals surface area contributed by atoms with Gasteiger partial charge in [-0.15, -0.1) is 0 Å². The van der Waals surface area contributed by atoms with Gasteiger partial charge in [0, 0.05) is 24.2 Å². The van der Waals surface area contributed by atoms with Gasteiger partial charge in [0.15, 0.2) is 0 Å². The van der Waals surface area contributed by atoms with Gasteiger partial charge in [-0.3, -0.25) is 4.98 Å². The van der Waals surface area contributed by atoms with Gasteiger partial charge < -0.3 is 9.94 Å². The van der Waals surface area contributed by atoms with Crippen molar-refractivity contribution in [2.75, 3.05) is 0 Å². The molecule has 1 N–H and O–H groups in total. The predicted octanol–water partition coefficient (Wildman–Crippen LogP) is 6.31. The summed E-state index contributed by atoms with van der Waals surface area (Å²) in [4.78, 5) is 4.35. The quantitative estimate of drug-likeness (QED) is 0.430. The Labute approximate surface area is 189 Å². The smallest absolute Gasteiger partial charge is 0.0975 e. The van der Waals surface area contributed by atoms with Gasteiger partial charge in [-0.05, 0) is 96.4 Å². The number of fused-ring (bicyclic) bond motifs is 2. The zero-order chi connectivity index (χ0) is 21.6. The van der Waals surface area contributed by atoms with Crippen molar-refractivity contribution in [1.29, 1.82) is 0 Å². The van der Waals surface area contributed by atoms with Gasteiger partial charge in [0.2, 0.25) is 0 Å². The number of ether oxygens (including phenoxy) is 1. The lowest BCUT2D eigenvalue weighted by Crippen LogP contribution is -2.53. The van der Waals surface area contributed by atoms with Crippen LogP contribution in [0.5, 0.6) is 0 Å². The Morgan fingerprint density at radius 2 is 2.06 bits per heavy atom. The number of hydrogen-bond acceptors (Lipinski definition) is 4. The number of benzene rings is 1. The summed E-state index contributed by atoms with van der Waals surface area (Å²) in [6.45, 7) is 2.51. The second-order valence-electron chi connectivity index (χ2n) is 11.0. The molecule has 3 heterocycles. The predicted molar refractivity (Wildman–Crippen MR) is 125 cm³/mol. The minimum atomic E-state index is -0.234. The molecule has 7 rings (SSSR count). The third-order valence-electron chi connectivity index (χ3n) is 9.72. The molecule has 5 atom stereocenters. The summed E-state index contributed by atoms with van der Waals surface area (Å²) in [7, 11) is 0. The standard InChI is InChI=1S/C28H30N2O2/c1-26-10-8-22-15-21-4-5-23(30-31)16-27(21)11-12-28(22,32-27)25(26)7-6-24(26)19-3-2-18-9-13-29-17-20(18)14-19/h2-3,8-9,13-15,17,24-25,31H,4-7,10-12,16H2,1H3/b30-23+/t24?,25-,26-,27-,28-/m1/s1. The number of nitrogens with zero attached hydrogens (tertiary/aromatic N) is 2. The zero-order valence-corrected chi connectivity index (χ0v) is 18.7. The largest absolute Gasteiger partial charge is 0.411 e. The summed E-state index contributed by atoms with van der Waals surface area (Å²) in [5.74, 6) is 1.06. The van der Waals surface area contributed by atoms with Crippen LogP contribution < -0.4 is 0 Å². The van der Waals surface area contributed by atoms with Crippen LogP contribution in [0.4, 0.5) is 0 Å². The van der Waals surface area contributed by atoms with Crippen LogP contribution in [0.3, 0.4) is 0 Å². The zero-order valence-electron chi connectivity index (χ0n) is 18.7. The van der Waals surface area contributed by atoms with E-state index in [1.54, 1.807) is 0 Å². The van der Waals surface area contributed by atoms with Crippen LogP contribution in [0.1, 0.15) is 69.8 Å². The fourth-order valence-corrected chi connectivity index (χ4v) is 8.19. The van der Waals surface area contributed by atoms with Crippen LogP contribution >= 0.6 is 0 Å². The Hall–Kier alpha value is -2.46. The van der Waals surface area contributed by atoms with E-state index in [-0.39, 0.29) is 16.6 Å². The lowest BCUT2D eigenvalue weighted by Gasteiger charge is -2.54. The number of hydrogen-bond donors (Lipinski definition) is 1. The Morgan fingerprint density at radius 1 is 1.12 bits per heavy atom. The lowest BCUT2D eigenvalue weighted by molar-refractivity contribution is -0.126. The van der Waals surface area contributed by atoms with Crippen molar-refractivity contribution in [3.05, 3.63) is 65.5 Å². The van der Waals surface area contributed by atoms with Crippen LogP contribution in [0, 0.1) is 11.3 Å². The molecule has 5 aliphatic rings. The van der Waals surface area contributed by atoms with Crippen LogP contribution in [-0.2, 0) is 4.74 Å². The SMILES string of the molecule is C[C@]12CC=C3C=C4CC/C(=N\O)C[C@]45CC[C@]3(O5)[C@@H]1CCC2c1ccc2ccncc2c1. The summed E-state index contributed by atoms with van der Waals surface area (Å²) in [5.41, 5.74) is 5.03. The molecule has 164 valence electrons. The normalized spacial score (nSPS) is 41.1. The average molecular weight is 427 g/mol. The first-order valence-electron chi connectivity index (χ1n) is 12.2. The third kappa shape index (κ3) is 2.31. The minimum absolute atomic E-state index is 0.165. The Bertz CT molecular complexity index is 1230. The molecule has 3 aliphatic carbocycles. The highest BCUT2D eigenvalue weighted by Gasteiger charge is 2.66. The van der Waals surface area contributed by atoms with Gasteiger partial charge >= 0.3 is 0 Å². The molecular formula is C28H30N2O2. The van der Waals surface area contributed by atoms with Crippen LogP contribution in [0.25, 0.3) is 10.8 Å². The van der Waals surface area contributed by atoms with Crippen LogP contribution in [-0.4, -0.2) is 27.1 Å². The van der Waals surface area contributed by atoms with E-state index >= 15 is 0 Å². The number of rotatable bonds is 1. The third-order valence-corrected chi connectivity index (χ3v) is 9.72. The Morgan fingerprint density at radius 3 is 2.97 bits per heavy atom. The van der Waals surface area contributed by atoms with E-state index in [0.29, 0.717) is 11.8 Å². The summed E-state index contributed by atoms with van der Waals surface area (Å²) < 4.78 is 7.21.